The molecule has 0 fully saturated rings. The zero-order chi connectivity index (χ0) is 19.8. The lowest BCUT2D eigenvalue weighted by Crippen LogP contribution is -2.42. The van der Waals surface area contributed by atoms with E-state index in [0.717, 1.165) is 16.9 Å². The zero-order valence-corrected chi connectivity index (χ0v) is 16.3. The first kappa shape index (κ1) is 19.7. The van der Waals surface area contributed by atoms with E-state index < -0.39 is 0 Å². The Kier molecular flexibility index (Phi) is 6.87. The predicted molar refractivity (Wildman–Crippen MR) is 110 cm³/mol. The fourth-order valence-electron chi connectivity index (χ4n) is 3.00. The molecule has 1 atom stereocenters. The summed E-state index contributed by atoms with van der Waals surface area (Å²) < 4.78 is 10.5. The molecule has 1 unspecified atom stereocenters. The van der Waals surface area contributed by atoms with Crippen molar-refractivity contribution < 1.29 is 13.9 Å². The van der Waals surface area contributed by atoms with Crippen molar-refractivity contribution in [2.24, 2.45) is 0 Å². The zero-order valence-electron chi connectivity index (χ0n) is 16.3. The van der Waals surface area contributed by atoms with Crippen LogP contribution >= 0.6 is 0 Å². The van der Waals surface area contributed by atoms with Crippen molar-refractivity contribution in [3.63, 3.8) is 0 Å². The molecule has 0 aliphatic rings. The first-order valence-electron chi connectivity index (χ1n) is 9.39. The normalized spacial score (nSPS) is 11.8. The Labute approximate surface area is 165 Å². The van der Waals surface area contributed by atoms with Gasteiger partial charge in [0.2, 0.25) is 0 Å². The Morgan fingerprint density at radius 2 is 1.75 bits per heavy atom. The summed E-state index contributed by atoms with van der Waals surface area (Å²) in [5.41, 5.74) is 3.38. The van der Waals surface area contributed by atoms with Crippen LogP contribution in [0.3, 0.4) is 0 Å². The van der Waals surface area contributed by atoms with Crippen LogP contribution in [0.2, 0.25) is 0 Å². The Morgan fingerprint density at radius 3 is 2.39 bits per heavy atom. The van der Waals surface area contributed by atoms with Gasteiger partial charge in [0, 0.05) is 13.7 Å². The largest absolute Gasteiger partial charge is 0.467 e. The molecule has 0 aliphatic heterocycles. The van der Waals surface area contributed by atoms with E-state index in [1.807, 2.05) is 37.3 Å². The third-order valence-electron chi connectivity index (χ3n) is 4.64. The van der Waals surface area contributed by atoms with Gasteiger partial charge in [0.05, 0.1) is 25.5 Å². The molecule has 5 nitrogen and oxygen atoms in total. The number of rotatable bonds is 8. The Hall–Kier alpha value is -3.05. The molecule has 0 spiro atoms. The second-order valence-electron chi connectivity index (χ2n) is 6.65. The van der Waals surface area contributed by atoms with Crippen LogP contribution in [0.4, 0.5) is 4.79 Å². The molecule has 1 aromatic heterocycles. The molecular weight excluding hydrogens is 352 g/mol. The Balaban J connectivity index is 1.64. The number of amides is 2. The minimum atomic E-state index is -0.145. The summed E-state index contributed by atoms with van der Waals surface area (Å²) >= 11 is 0. The molecule has 0 saturated carbocycles. The highest BCUT2D eigenvalue weighted by atomic mass is 16.5. The highest BCUT2D eigenvalue weighted by Crippen LogP contribution is 2.22. The van der Waals surface area contributed by atoms with Gasteiger partial charge in [-0.2, -0.15) is 0 Å². The number of nitrogens with one attached hydrogen (secondary N) is 1. The average Bonchev–Trinajstić information content (AvgIpc) is 3.25. The Morgan fingerprint density at radius 1 is 1.04 bits per heavy atom. The number of hydrogen-bond donors (Lipinski definition) is 1. The number of hydrogen-bond acceptors (Lipinski definition) is 3. The Bertz CT molecular complexity index is 845. The van der Waals surface area contributed by atoms with Gasteiger partial charge < -0.3 is 19.4 Å². The molecule has 0 aliphatic carbocycles. The van der Waals surface area contributed by atoms with E-state index in [4.69, 9.17) is 9.15 Å². The van der Waals surface area contributed by atoms with Gasteiger partial charge >= 0.3 is 6.03 Å². The minimum Gasteiger partial charge on any atom is -0.467 e. The minimum absolute atomic E-state index is 0.112. The second-order valence-corrected chi connectivity index (χ2v) is 6.65. The summed E-state index contributed by atoms with van der Waals surface area (Å²) in [6.07, 6.45) is 1.61. The van der Waals surface area contributed by atoms with Gasteiger partial charge in [-0.1, -0.05) is 54.6 Å². The smallest absolute Gasteiger partial charge is 0.318 e. The predicted octanol–water partition coefficient (Wildman–Crippen LogP) is 4.87. The molecule has 3 rings (SSSR count). The van der Waals surface area contributed by atoms with Crippen LogP contribution in [0.1, 0.15) is 24.3 Å². The molecule has 0 radical (unpaired) electrons. The lowest BCUT2D eigenvalue weighted by molar-refractivity contribution is 0.141. The molecule has 1 heterocycles. The van der Waals surface area contributed by atoms with Crippen molar-refractivity contribution in [2.45, 2.75) is 19.5 Å². The molecule has 0 saturated heterocycles. The summed E-state index contributed by atoms with van der Waals surface area (Å²) in [7, 11) is 1.62. The van der Waals surface area contributed by atoms with Gasteiger partial charge in [-0.3, -0.25) is 0 Å². The first-order valence-corrected chi connectivity index (χ1v) is 9.39. The van der Waals surface area contributed by atoms with E-state index in [-0.39, 0.29) is 12.1 Å². The van der Waals surface area contributed by atoms with E-state index in [9.17, 15) is 4.79 Å². The van der Waals surface area contributed by atoms with Crippen LogP contribution in [0.15, 0.2) is 77.4 Å². The number of ether oxygens (including phenoxy) is 1. The van der Waals surface area contributed by atoms with Crippen LogP contribution in [0.25, 0.3) is 11.1 Å². The monoisotopic (exact) mass is 378 g/mol. The summed E-state index contributed by atoms with van der Waals surface area (Å²) in [6, 6.07) is 21.9. The van der Waals surface area contributed by atoms with Gasteiger partial charge in [-0.05, 0) is 35.7 Å². The quantitative estimate of drug-likeness (QED) is 0.609. The second kappa shape index (κ2) is 9.76. The van der Waals surface area contributed by atoms with Crippen molar-refractivity contribution in [1.29, 1.82) is 0 Å². The highest BCUT2D eigenvalue weighted by Gasteiger charge is 2.18. The molecular formula is C23H26N2O3. The van der Waals surface area contributed by atoms with E-state index >= 15 is 0 Å². The SMILES string of the molecule is COCCN(Cc1ccco1)C(=O)NC(C)c1ccc(-c2ccccc2)cc1. The number of urea groups is 1. The van der Waals surface area contributed by atoms with Crippen LogP contribution in [-0.2, 0) is 11.3 Å². The van der Waals surface area contributed by atoms with Crippen LogP contribution < -0.4 is 5.32 Å². The van der Waals surface area contributed by atoms with Crippen LogP contribution in [0, 0.1) is 0 Å². The standard InChI is InChI=1S/C23H26N2O3/c1-18(19-10-12-21(13-11-19)20-7-4-3-5-8-20)24-23(26)25(14-16-27-2)17-22-9-6-15-28-22/h3-13,15,18H,14,16-17H2,1-2H3,(H,24,26). The lowest BCUT2D eigenvalue weighted by atomic mass is 10.0. The highest BCUT2D eigenvalue weighted by molar-refractivity contribution is 5.74. The van der Waals surface area contributed by atoms with E-state index in [2.05, 4.69) is 41.7 Å². The topological polar surface area (TPSA) is 54.7 Å². The van der Waals surface area contributed by atoms with Crippen molar-refractivity contribution >= 4 is 6.03 Å². The van der Waals surface area contributed by atoms with Crippen LogP contribution in [-0.4, -0.2) is 31.2 Å². The number of nitrogens with zero attached hydrogens (tertiary/aromatic N) is 1. The maximum absolute atomic E-state index is 12.8. The number of furan rings is 1. The fraction of sp³-hybridized carbons (Fsp3) is 0.261. The molecule has 28 heavy (non-hydrogen) atoms. The van der Waals surface area contributed by atoms with E-state index in [1.54, 1.807) is 18.3 Å². The van der Waals surface area contributed by atoms with Gasteiger partial charge in [0.15, 0.2) is 0 Å². The summed E-state index contributed by atoms with van der Waals surface area (Å²) in [5.74, 6) is 0.742. The maximum atomic E-state index is 12.8. The average molecular weight is 378 g/mol. The van der Waals surface area contributed by atoms with Crippen LogP contribution in [0.5, 0.6) is 0 Å². The van der Waals surface area contributed by atoms with Crippen molar-refractivity contribution in [1.82, 2.24) is 10.2 Å². The molecule has 2 amide bonds. The third kappa shape index (κ3) is 5.24. The molecule has 146 valence electrons. The molecule has 0 bridgehead atoms. The van der Waals surface area contributed by atoms with Crippen molar-refractivity contribution in [3.8, 4) is 11.1 Å². The first-order chi connectivity index (χ1) is 13.7. The fourth-order valence-corrected chi connectivity index (χ4v) is 3.00. The maximum Gasteiger partial charge on any atom is 0.318 e. The summed E-state index contributed by atoms with van der Waals surface area (Å²) in [5, 5.41) is 3.07. The number of benzene rings is 2. The van der Waals surface area contributed by atoms with Crippen molar-refractivity contribution in [3.05, 3.63) is 84.3 Å². The van der Waals surface area contributed by atoms with Gasteiger partial charge in [0.1, 0.15) is 5.76 Å². The number of carbonyl (C=O) groups is 1. The van der Waals surface area contributed by atoms with E-state index in [0.29, 0.717) is 19.7 Å². The lowest BCUT2D eigenvalue weighted by Gasteiger charge is -2.24. The number of methoxy groups -OCH3 is 1. The third-order valence-corrected chi connectivity index (χ3v) is 4.64. The molecule has 1 N–H and O–H groups in total. The van der Waals surface area contributed by atoms with Gasteiger partial charge in [0.25, 0.3) is 0 Å². The molecule has 5 heteroatoms. The van der Waals surface area contributed by atoms with E-state index in [1.165, 1.54) is 5.56 Å². The summed E-state index contributed by atoms with van der Waals surface area (Å²) in [6.45, 7) is 3.34. The number of carbonyl (C=O) groups excluding carboxylic acids is 1. The van der Waals surface area contributed by atoms with Gasteiger partial charge in [-0.25, -0.2) is 4.79 Å². The molecule has 3 aromatic rings. The molecule has 2 aromatic carbocycles. The van der Waals surface area contributed by atoms with Gasteiger partial charge in [-0.15, -0.1) is 0 Å². The van der Waals surface area contributed by atoms with Crippen molar-refractivity contribution in [2.75, 3.05) is 20.3 Å². The summed E-state index contributed by atoms with van der Waals surface area (Å²) in [4.78, 5) is 14.5.